The number of pyridine rings is 1. The van der Waals surface area contributed by atoms with Crippen LogP contribution in [0.2, 0.25) is 10.0 Å². The van der Waals surface area contributed by atoms with Crippen molar-refractivity contribution in [2.75, 3.05) is 0 Å². The highest BCUT2D eigenvalue weighted by atomic mass is 35.5. The van der Waals surface area contributed by atoms with E-state index in [1.807, 2.05) is 12.1 Å². The van der Waals surface area contributed by atoms with Gasteiger partial charge in [0.05, 0.1) is 21.3 Å². The summed E-state index contributed by atoms with van der Waals surface area (Å²) in [6.07, 6.45) is 1.53. The Bertz CT molecular complexity index is 556. The zero-order chi connectivity index (χ0) is 11.5. The van der Waals surface area contributed by atoms with Crippen LogP contribution in [-0.2, 0) is 0 Å². The third-order valence-corrected chi connectivity index (χ3v) is 2.85. The number of halogens is 2. The fourth-order valence-corrected chi connectivity index (χ4v) is 1.58. The van der Waals surface area contributed by atoms with E-state index < -0.39 is 0 Å². The highest BCUT2D eigenvalue weighted by Gasteiger charge is 2.03. The van der Waals surface area contributed by atoms with Gasteiger partial charge >= 0.3 is 0 Å². The fourth-order valence-electron chi connectivity index (χ4n) is 1.29. The van der Waals surface area contributed by atoms with E-state index in [1.165, 1.54) is 6.20 Å². The molecule has 0 aliphatic carbocycles. The van der Waals surface area contributed by atoms with Crippen molar-refractivity contribution >= 4 is 23.2 Å². The van der Waals surface area contributed by atoms with Gasteiger partial charge in [0.25, 0.3) is 0 Å². The Morgan fingerprint density at radius 3 is 2.44 bits per heavy atom. The minimum Gasteiger partial charge on any atom is -0.255 e. The molecule has 1 aromatic heterocycles. The van der Waals surface area contributed by atoms with Crippen molar-refractivity contribution in [3.63, 3.8) is 0 Å². The molecule has 0 spiro atoms. The maximum Gasteiger partial charge on any atom is 0.101 e. The second-order valence-electron chi connectivity index (χ2n) is 3.17. The van der Waals surface area contributed by atoms with E-state index in [9.17, 15) is 0 Å². The zero-order valence-electron chi connectivity index (χ0n) is 8.11. The lowest BCUT2D eigenvalue weighted by Crippen LogP contribution is -1.84. The van der Waals surface area contributed by atoms with Gasteiger partial charge in [0, 0.05) is 11.8 Å². The van der Waals surface area contributed by atoms with E-state index in [2.05, 4.69) is 4.98 Å². The molecular weight excluding hydrogens is 243 g/mol. The minimum absolute atomic E-state index is 0.491. The van der Waals surface area contributed by atoms with Gasteiger partial charge in [-0.25, -0.2) is 0 Å². The van der Waals surface area contributed by atoms with Crippen molar-refractivity contribution in [1.29, 1.82) is 5.26 Å². The van der Waals surface area contributed by atoms with E-state index in [0.717, 1.165) is 11.3 Å². The van der Waals surface area contributed by atoms with Gasteiger partial charge in [-0.1, -0.05) is 29.3 Å². The minimum atomic E-state index is 0.491. The van der Waals surface area contributed by atoms with Crippen LogP contribution in [0, 0.1) is 11.3 Å². The topological polar surface area (TPSA) is 36.7 Å². The van der Waals surface area contributed by atoms with Gasteiger partial charge in [0.2, 0.25) is 0 Å². The molecule has 4 heteroatoms. The predicted octanol–water partition coefficient (Wildman–Crippen LogP) is 3.93. The molecule has 1 aromatic carbocycles. The number of aromatic nitrogens is 1. The first-order chi connectivity index (χ1) is 7.70. The van der Waals surface area contributed by atoms with Crippen molar-refractivity contribution in [1.82, 2.24) is 4.98 Å². The van der Waals surface area contributed by atoms with Gasteiger partial charge in [0.15, 0.2) is 0 Å². The standard InChI is InChI=1S/C12H6Cl2N2/c13-10-3-2-9(5-11(10)14)12-4-1-8(6-15)7-16-12/h1-5,7H. The molecule has 0 fully saturated rings. The Morgan fingerprint density at radius 1 is 1.06 bits per heavy atom. The number of rotatable bonds is 1. The summed E-state index contributed by atoms with van der Waals surface area (Å²) in [6, 6.07) is 10.8. The van der Waals surface area contributed by atoms with Crippen molar-refractivity contribution in [3.05, 3.63) is 52.1 Å². The third-order valence-electron chi connectivity index (χ3n) is 2.11. The quantitative estimate of drug-likeness (QED) is 0.767. The Hall–Kier alpha value is -1.56. The average Bonchev–Trinajstić information content (AvgIpc) is 2.33. The van der Waals surface area contributed by atoms with Crippen LogP contribution < -0.4 is 0 Å². The summed E-state index contributed by atoms with van der Waals surface area (Å²) in [7, 11) is 0. The first-order valence-corrected chi connectivity index (χ1v) is 5.28. The summed E-state index contributed by atoms with van der Waals surface area (Å²) in [5, 5.41) is 9.66. The summed E-state index contributed by atoms with van der Waals surface area (Å²) < 4.78 is 0. The summed E-state index contributed by atoms with van der Waals surface area (Å²) in [4.78, 5) is 4.17. The van der Waals surface area contributed by atoms with E-state index in [1.54, 1.807) is 24.3 Å². The molecule has 0 radical (unpaired) electrons. The number of nitriles is 1. The van der Waals surface area contributed by atoms with Crippen molar-refractivity contribution < 1.29 is 0 Å². The summed E-state index contributed by atoms with van der Waals surface area (Å²) >= 11 is 11.7. The van der Waals surface area contributed by atoms with E-state index >= 15 is 0 Å². The summed E-state index contributed by atoms with van der Waals surface area (Å²) in [5.74, 6) is 0. The molecule has 0 unspecified atom stereocenters. The highest BCUT2D eigenvalue weighted by Crippen LogP contribution is 2.27. The van der Waals surface area contributed by atoms with Crippen LogP contribution >= 0.6 is 23.2 Å². The van der Waals surface area contributed by atoms with Gasteiger partial charge in [-0.2, -0.15) is 5.26 Å². The van der Waals surface area contributed by atoms with Crippen molar-refractivity contribution in [2.24, 2.45) is 0 Å². The molecule has 0 bridgehead atoms. The molecular formula is C12H6Cl2N2. The van der Waals surface area contributed by atoms with Crippen LogP contribution in [0.5, 0.6) is 0 Å². The Kier molecular flexibility index (Phi) is 3.09. The van der Waals surface area contributed by atoms with Crippen molar-refractivity contribution in [3.8, 4) is 17.3 Å². The van der Waals surface area contributed by atoms with E-state index in [-0.39, 0.29) is 0 Å². The number of benzene rings is 1. The average molecular weight is 249 g/mol. The fraction of sp³-hybridized carbons (Fsp3) is 0. The van der Waals surface area contributed by atoms with Crippen LogP contribution in [0.3, 0.4) is 0 Å². The highest BCUT2D eigenvalue weighted by molar-refractivity contribution is 6.42. The molecule has 2 aromatic rings. The molecule has 1 heterocycles. The smallest absolute Gasteiger partial charge is 0.101 e. The Balaban J connectivity index is 2.43. The molecule has 16 heavy (non-hydrogen) atoms. The lowest BCUT2D eigenvalue weighted by Gasteiger charge is -2.02. The van der Waals surface area contributed by atoms with Crippen LogP contribution in [0.4, 0.5) is 0 Å². The molecule has 0 saturated carbocycles. The molecule has 0 saturated heterocycles. The van der Waals surface area contributed by atoms with Crippen LogP contribution in [0.15, 0.2) is 36.5 Å². The van der Waals surface area contributed by atoms with Crippen LogP contribution in [0.1, 0.15) is 5.56 Å². The second-order valence-corrected chi connectivity index (χ2v) is 3.99. The van der Waals surface area contributed by atoms with Gasteiger partial charge in [-0.3, -0.25) is 4.98 Å². The first kappa shape index (κ1) is 10.9. The molecule has 78 valence electrons. The summed E-state index contributed by atoms with van der Waals surface area (Å²) in [6.45, 7) is 0. The summed E-state index contributed by atoms with van der Waals surface area (Å²) in [5.41, 5.74) is 2.17. The van der Waals surface area contributed by atoms with E-state index in [0.29, 0.717) is 15.6 Å². The molecule has 0 N–H and O–H groups in total. The largest absolute Gasteiger partial charge is 0.255 e. The Labute approximate surface area is 103 Å². The number of hydrogen-bond acceptors (Lipinski definition) is 2. The number of hydrogen-bond donors (Lipinski definition) is 0. The third kappa shape index (κ3) is 2.16. The molecule has 0 aliphatic heterocycles. The van der Waals surface area contributed by atoms with Gasteiger partial charge in [-0.05, 0) is 24.3 Å². The molecule has 0 amide bonds. The van der Waals surface area contributed by atoms with Gasteiger partial charge in [0.1, 0.15) is 6.07 Å². The SMILES string of the molecule is N#Cc1ccc(-c2ccc(Cl)c(Cl)c2)nc1. The maximum atomic E-state index is 8.65. The number of nitrogens with zero attached hydrogens (tertiary/aromatic N) is 2. The van der Waals surface area contributed by atoms with Crippen molar-refractivity contribution in [2.45, 2.75) is 0 Å². The van der Waals surface area contributed by atoms with Gasteiger partial charge < -0.3 is 0 Å². The van der Waals surface area contributed by atoms with Crippen LogP contribution in [0.25, 0.3) is 11.3 Å². The predicted molar refractivity (Wildman–Crippen MR) is 64.4 cm³/mol. The van der Waals surface area contributed by atoms with Gasteiger partial charge in [-0.15, -0.1) is 0 Å². The second kappa shape index (κ2) is 4.52. The first-order valence-electron chi connectivity index (χ1n) is 4.52. The molecule has 0 aliphatic rings. The zero-order valence-corrected chi connectivity index (χ0v) is 9.63. The van der Waals surface area contributed by atoms with Crippen LogP contribution in [-0.4, -0.2) is 4.98 Å². The van der Waals surface area contributed by atoms with E-state index in [4.69, 9.17) is 28.5 Å². The molecule has 0 atom stereocenters. The maximum absolute atomic E-state index is 8.65. The Morgan fingerprint density at radius 2 is 1.88 bits per heavy atom. The molecule has 2 nitrogen and oxygen atoms in total. The normalized spacial score (nSPS) is 9.81. The molecule has 2 rings (SSSR count). The lowest BCUT2D eigenvalue weighted by molar-refractivity contribution is 1.30. The monoisotopic (exact) mass is 248 g/mol. The lowest BCUT2D eigenvalue weighted by atomic mass is 10.1.